The molecule has 0 saturated heterocycles. The van der Waals surface area contributed by atoms with Gasteiger partial charge in [0.2, 0.25) is 16.9 Å². The van der Waals surface area contributed by atoms with Gasteiger partial charge in [-0.15, -0.1) is 0 Å². The maximum absolute atomic E-state index is 13.3. The van der Waals surface area contributed by atoms with E-state index in [9.17, 15) is 9.18 Å². The van der Waals surface area contributed by atoms with E-state index in [0.29, 0.717) is 0 Å². The molecule has 106 valence electrons. The van der Waals surface area contributed by atoms with Gasteiger partial charge in [-0.25, -0.2) is 0 Å². The van der Waals surface area contributed by atoms with E-state index in [1.54, 1.807) is 0 Å². The Labute approximate surface area is 124 Å². The molecule has 0 aliphatic heterocycles. The molecular formula is C11H13Cl2FN2O2S. The first kappa shape index (κ1) is 16.3. The zero-order chi connectivity index (χ0) is 14.7. The number of ether oxygens (including phenoxy) is 1. The number of aromatic nitrogens is 1. The Bertz CT molecular complexity index is 500. The molecule has 0 bridgehead atoms. The average molecular weight is 327 g/mol. The highest BCUT2D eigenvalue weighted by atomic mass is 35.5. The summed E-state index contributed by atoms with van der Waals surface area (Å²) in [6.45, 7) is 5.28. The average Bonchev–Trinajstić information content (AvgIpc) is 2.32. The number of pyridine rings is 1. The van der Waals surface area contributed by atoms with Crippen molar-refractivity contribution < 1.29 is 13.9 Å². The second-order valence-corrected chi connectivity index (χ2v) is 6.33. The van der Waals surface area contributed by atoms with E-state index in [1.165, 1.54) is 6.92 Å². The Morgan fingerprint density at radius 1 is 1.37 bits per heavy atom. The van der Waals surface area contributed by atoms with Crippen molar-refractivity contribution in [1.82, 2.24) is 4.98 Å². The van der Waals surface area contributed by atoms with E-state index in [-0.39, 0.29) is 32.0 Å². The summed E-state index contributed by atoms with van der Waals surface area (Å²) in [7, 11) is 0. The maximum atomic E-state index is 13.3. The summed E-state index contributed by atoms with van der Waals surface area (Å²) in [5.74, 6) is -1.24. The van der Waals surface area contributed by atoms with Crippen LogP contribution < -0.4 is 10.5 Å². The lowest BCUT2D eigenvalue weighted by Gasteiger charge is -2.15. The monoisotopic (exact) mass is 326 g/mol. The summed E-state index contributed by atoms with van der Waals surface area (Å²) < 4.78 is 18.6. The predicted octanol–water partition coefficient (Wildman–Crippen LogP) is 3.55. The number of nitrogen functional groups attached to an aromatic ring is 1. The smallest absolute Gasteiger partial charge is 0.238 e. The summed E-state index contributed by atoms with van der Waals surface area (Å²) >= 11 is 12.5. The summed E-state index contributed by atoms with van der Waals surface area (Å²) in [5.41, 5.74) is 5.34. The third-order valence-corrected chi connectivity index (χ3v) is 3.77. The number of nitrogens with zero attached hydrogens (tertiary/aromatic N) is 1. The molecule has 0 spiro atoms. The normalized spacial score (nSPS) is 12.6. The Morgan fingerprint density at radius 3 is 2.47 bits per heavy atom. The molecule has 1 heterocycles. The molecule has 1 aromatic heterocycles. The largest absolute Gasteiger partial charge is 0.464 e. The van der Waals surface area contributed by atoms with Crippen LogP contribution in [0.3, 0.4) is 0 Å². The number of thioether (sulfide) groups is 1. The number of carbonyl (C=O) groups excluding carboxylic acids is 1. The first-order chi connectivity index (χ1) is 8.73. The lowest BCUT2D eigenvalue weighted by molar-refractivity contribution is -0.116. The van der Waals surface area contributed by atoms with E-state index in [4.69, 9.17) is 33.7 Å². The van der Waals surface area contributed by atoms with E-state index in [0.717, 1.165) is 11.8 Å². The molecular weight excluding hydrogens is 314 g/mol. The van der Waals surface area contributed by atoms with Gasteiger partial charge in [0.05, 0.1) is 5.69 Å². The van der Waals surface area contributed by atoms with Crippen molar-refractivity contribution in [1.29, 1.82) is 0 Å². The summed E-state index contributed by atoms with van der Waals surface area (Å²) in [4.78, 5) is 15.2. The van der Waals surface area contributed by atoms with E-state index < -0.39 is 12.1 Å². The molecule has 0 aliphatic rings. The van der Waals surface area contributed by atoms with Crippen LogP contribution >= 0.6 is 35.0 Å². The van der Waals surface area contributed by atoms with Crippen LogP contribution in [0.4, 0.5) is 10.1 Å². The lowest BCUT2D eigenvalue weighted by atomic mass is 10.4. The van der Waals surface area contributed by atoms with Gasteiger partial charge in [0, 0.05) is 5.25 Å². The lowest BCUT2D eigenvalue weighted by Crippen LogP contribution is -2.23. The van der Waals surface area contributed by atoms with Crippen molar-refractivity contribution in [2.45, 2.75) is 32.1 Å². The number of rotatable bonds is 4. The molecule has 8 heteroatoms. The molecule has 1 aromatic rings. The van der Waals surface area contributed by atoms with Crippen molar-refractivity contribution in [3.05, 3.63) is 16.0 Å². The second-order valence-electron chi connectivity index (χ2n) is 4.00. The molecule has 2 N–H and O–H groups in total. The number of hydrogen-bond donors (Lipinski definition) is 1. The third kappa shape index (κ3) is 4.12. The Balaban J connectivity index is 2.91. The van der Waals surface area contributed by atoms with Gasteiger partial charge in [-0.1, -0.05) is 48.8 Å². The maximum Gasteiger partial charge on any atom is 0.238 e. The highest BCUT2D eigenvalue weighted by Crippen LogP contribution is 2.35. The summed E-state index contributed by atoms with van der Waals surface area (Å²) in [6, 6.07) is 0. The number of hydrogen-bond acceptors (Lipinski definition) is 5. The molecule has 0 aromatic carbocycles. The second kappa shape index (κ2) is 6.63. The standard InChI is InChI=1S/C11H13Cl2FN2O2S/c1-4(2)19-11(17)5(3)18-10-7(13)8(15)6(12)9(14)16-10/h4-5H,1-3H3,(H2,15,16)/t5-/m1/s1. The first-order valence-electron chi connectivity index (χ1n) is 5.41. The van der Waals surface area contributed by atoms with Crippen LogP contribution in [0.5, 0.6) is 5.88 Å². The Kier molecular flexibility index (Phi) is 5.70. The number of halogens is 3. The van der Waals surface area contributed by atoms with Gasteiger partial charge < -0.3 is 10.5 Å². The van der Waals surface area contributed by atoms with Gasteiger partial charge >= 0.3 is 0 Å². The van der Waals surface area contributed by atoms with Gasteiger partial charge in [-0.05, 0) is 6.92 Å². The van der Waals surface area contributed by atoms with Crippen molar-refractivity contribution in [2.24, 2.45) is 0 Å². The Morgan fingerprint density at radius 2 is 1.95 bits per heavy atom. The van der Waals surface area contributed by atoms with Crippen molar-refractivity contribution in [3.63, 3.8) is 0 Å². The highest BCUT2D eigenvalue weighted by Gasteiger charge is 2.22. The van der Waals surface area contributed by atoms with Gasteiger partial charge in [0.15, 0.2) is 6.10 Å². The number of nitrogens with two attached hydrogens (primary N) is 1. The molecule has 4 nitrogen and oxygen atoms in total. The van der Waals surface area contributed by atoms with Crippen molar-refractivity contribution in [2.75, 3.05) is 5.73 Å². The topological polar surface area (TPSA) is 65.2 Å². The molecule has 0 saturated carbocycles. The minimum absolute atomic E-state index is 0.111. The van der Waals surface area contributed by atoms with Crippen molar-refractivity contribution in [3.8, 4) is 5.88 Å². The minimum atomic E-state index is -0.991. The van der Waals surface area contributed by atoms with Gasteiger partial charge in [-0.2, -0.15) is 9.37 Å². The van der Waals surface area contributed by atoms with Gasteiger partial charge in [0.25, 0.3) is 0 Å². The molecule has 0 amide bonds. The quantitative estimate of drug-likeness (QED) is 0.857. The predicted molar refractivity (Wildman–Crippen MR) is 76.5 cm³/mol. The minimum Gasteiger partial charge on any atom is -0.464 e. The van der Waals surface area contributed by atoms with E-state index in [2.05, 4.69) is 4.98 Å². The van der Waals surface area contributed by atoms with Crippen molar-refractivity contribution >= 4 is 45.8 Å². The number of carbonyl (C=O) groups is 1. The van der Waals surface area contributed by atoms with Crippen LogP contribution in [-0.4, -0.2) is 21.5 Å². The SMILES string of the molecule is CC(C)SC(=O)[C@@H](C)Oc1nc(F)c(Cl)c(N)c1Cl. The van der Waals surface area contributed by atoms with E-state index >= 15 is 0 Å². The van der Waals surface area contributed by atoms with Crippen LogP contribution in [0.25, 0.3) is 0 Å². The molecule has 1 rings (SSSR count). The van der Waals surface area contributed by atoms with Crippen LogP contribution in [0.2, 0.25) is 10.0 Å². The Hall–Kier alpha value is -0.720. The van der Waals surface area contributed by atoms with Gasteiger partial charge in [0.1, 0.15) is 10.0 Å². The van der Waals surface area contributed by atoms with Gasteiger partial charge in [-0.3, -0.25) is 4.79 Å². The molecule has 19 heavy (non-hydrogen) atoms. The van der Waals surface area contributed by atoms with Crippen LogP contribution in [0.1, 0.15) is 20.8 Å². The molecule has 0 radical (unpaired) electrons. The van der Waals surface area contributed by atoms with Crippen LogP contribution in [-0.2, 0) is 4.79 Å². The molecule has 0 unspecified atom stereocenters. The van der Waals surface area contributed by atoms with Crippen LogP contribution in [0.15, 0.2) is 0 Å². The first-order valence-corrected chi connectivity index (χ1v) is 7.04. The fourth-order valence-electron chi connectivity index (χ4n) is 1.13. The summed E-state index contributed by atoms with van der Waals surface area (Å²) in [5, 5.41) is -0.565. The fourth-order valence-corrected chi connectivity index (χ4v) is 2.20. The molecule has 1 atom stereocenters. The molecule has 0 fully saturated rings. The van der Waals surface area contributed by atoms with E-state index in [1.807, 2.05) is 13.8 Å². The zero-order valence-corrected chi connectivity index (χ0v) is 12.9. The molecule has 0 aliphatic carbocycles. The fraction of sp³-hybridized carbons (Fsp3) is 0.455. The van der Waals surface area contributed by atoms with Crippen LogP contribution in [0, 0.1) is 5.95 Å². The highest BCUT2D eigenvalue weighted by molar-refractivity contribution is 8.14. The zero-order valence-electron chi connectivity index (χ0n) is 10.5. The third-order valence-electron chi connectivity index (χ3n) is 2.01. The number of anilines is 1. The summed E-state index contributed by atoms with van der Waals surface area (Å²) in [6.07, 6.45) is -0.822.